The molecule has 0 bridgehead atoms. The van der Waals surface area contributed by atoms with E-state index in [0.717, 1.165) is 17.4 Å². The summed E-state index contributed by atoms with van der Waals surface area (Å²) in [5, 5.41) is 2.90. The van der Waals surface area contributed by atoms with Gasteiger partial charge in [0.2, 0.25) is 21.8 Å². The number of hydrogen-bond acceptors (Lipinski definition) is 4. The number of carbonyl (C=O) groups excluding carboxylic acids is 2. The maximum absolute atomic E-state index is 14.7. The zero-order valence-electron chi connectivity index (χ0n) is 23.5. The van der Waals surface area contributed by atoms with Gasteiger partial charge < -0.3 is 10.2 Å². The van der Waals surface area contributed by atoms with Crippen molar-refractivity contribution in [2.75, 3.05) is 17.1 Å². The molecule has 0 saturated carbocycles. The second-order valence-corrected chi connectivity index (χ2v) is 12.2. The predicted octanol–water partition coefficient (Wildman–Crippen LogP) is 4.85. The van der Waals surface area contributed by atoms with Crippen LogP contribution in [0.2, 0.25) is 0 Å². The van der Waals surface area contributed by atoms with Crippen molar-refractivity contribution < 1.29 is 22.4 Å². The number of benzene rings is 3. The Morgan fingerprint density at radius 1 is 0.925 bits per heavy atom. The first-order valence-electron chi connectivity index (χ1n) is 13.4. The van der Waals surface area contributed by atoms with E-state index < -0.39 is 21.9 Å². The summed E-state index contributed by atoms with van der Waals surface area (Å²) in [5.41, 5.74) is 2.67. The van der Waals surface area contributed by atoms with Crippen molar-refractivity contribution in [3.05, 3.63) is 101 Å². The summed E-state index contributed by atoms with van der Waals surface area (Å²) < 4.78 is 41.1. The first-order valence-corrected chi connectivity index (χ1v) is 15.2. The van der Waals surface area contributed by atoms with Gasteiger partial charge in [0.15, 0.2) is 0 Å². The molecule has 3 aromatic carbocycles. The monoisotopic (exact) mass is 567 g/mol. The highest BCUT2D eigenvalue weighted by Crippen LogP contribution is 2.21. The Morgan fingerprint density at radius 2 is 1.55 bits per heavy atom. The Balaban J connectivity index is 1.88. The summed E-state index contributed by atoms with van der Waals surface area (Å²) in [4.78, 5) is 28.6. The van der Waals surface area contributed by atoms with Gasteiger partial charge in [-0.1, -0.05) is 66.2 Å². The van der Waals surface area contributed by atoms with Crippen LogP contribution in [0.5, 0.6) is 0 Å². The molecular weight excluding hydrogens is 529 g/mol. The second-order valence-electron chi connectivity index (χ2n) is 10.3. The largest absolute Gasteiger partial charge is 0.352 e. The minimum absolute atomic E-state index is 0.0212. The van der Waals surface area contributed by atoms with Crippen LogP contribution < -0.4 is 9.62 Å². The zero-order chi connectivity index (χ0) is 29.3. The van der Waals surface area contributed by atoms with Gasteiger partial charge in [-0.3, -0.25) is 13.9 Å². The lowest BCUT2D eigenvalue weighted by Crippen LogP contribution is -2.52. The van der Waals surface area contributed by atoms with Crippen molar-refractivity contribution in [1.29, 1.82) is 0 Å². The molecule has 2 amide bonds. The van der Waals surface area contributed by atoms with Gasteiger partial charge in [-0.2, -0.15) is 0 Å². The molecule has 9 heteroatoms. The van der Waals surface area contributed by atoms with Crippen LogP contribution in [0, 0.1) is 12.7 Å². The summed E-state index contributed by atoms with van der Waals surface area (Å²) in [5.74, 6) is -1.16. The van der Waals surface area contributed by atoms with Gasteiger partial charge in [0.05, 0.1) is 11.9 Å². The van der Waals surface area contributed by atoms with Gasteiger partial charge in [0.25, 0.3) is 0 Å². The smallest absolute Gasteiger partial charge is 0.243 e. The number of anilines is 1. The maximum atomic E-state index is 14.7. The van der Waals surface area contributed by atoms with Crippen LogP contribution in [0.15, 0.2) is 78.9 Å². The van der Waals surface area contributed by atoms with E-state index in [2.05, 4.69) is 5.32 Å². The van der Waals surface area contributed by atoms with E-state index in [-0.39, 0.29) is 50.2 Å². The van der Waals surface area contributed by atoms with E-state index in [4.69, 9.17) is 0 Å². The molecule has 3 aromatic rings. The Bertz CT molecular complexity index is 1380. The summed E-state index contributed by atoms with van der Waals surface area (Å²) in [6, 6.07) is 21.6. The number of nitrogens with zero attached hydrogens (tertiary/aromatic N) is 2. The van der Waals surface area contributed by atoms with E-state index in [1.54, 1.807) is 30.3 Å². The van der Waals surface area contributed by atoms with Gasteiger partial charge in [-0.15, -0.1) is 0 Å². The number of aryl methyl sites for hydroxylation is 1. The number of hydrogen-bond donors (Lipinski definition) is 1. The molecule has 0 spiro atoms. The normalized spacial score (nSPS) is 12.2. The van der Waals surface area contributed by atoms with Crippen LogP contribution in [-0.4, -0.2) is 50.0 Å². The second kappa shape index (κ2) is 14.1. The lowest BCUT2D eigenvalue weighted by atomic mass is 10.0. The maximum Gasteiger partial charge on any atom is 0.243 e. The van der Waals surface area contributed by atoms with Crippen LogP contribution >= 0.6 is 0 Å². The van der Waals surface area contributed by atoms with Crippen molar-refractivity contribution in [2.45, 2.75) is 58.7 Å². The first-order chi connectivity index (χ1) is 19.0. The van der Waals surface area contributed by atoms with Crippen LogP contribution in [0.1, 0.15) is 43.4 Å². The highest BCUT2D eigenvalue weighted by molar-refractivity contribution is 7.92. The highest BCUT2D eigenvalue weighted by Gasteiger charge is 2.31. The molecule has 0 saturated heterocycles. The molecule has 1 N–H and O–H groups in total. The number of sulfonamides is 1. The van der Waals surface area contributed by atoms with Gasteiger partial charge in [-0.05, 0) is 51.0 Å². The van der Waals surface area contributed by atoms with Gasteiger partial charge in [0, 0.05) is 37.5 Å². The SMILES string of the molecule is Cc1ccc(N(CCCC(=O)N(Cc2ccccc2F)[C@H](Cc2ccccc2)C(=O)NC(C)C)S(C)(=O)=O)cc1. The fourth-order valence-electron chi connectivity index (χ4n) is 4.46. The Kier molecular flexibility index (Phi) is 10.8. The molecule has 0 aromatic heterocycles. The number of nitrogens with one attached hydrogen (secondary N) is 1. The Morgan fingerprint density at radius 3 is 2.15 bits per heavy atom. The van der Waals surface area contributed by atoms with Crippen LogP contribution in [0.25, 0.3) is 0 Å². The van der Waals surface area contributed by atoms with E-state index in [9.17, 15) is 22.4 Å². The van der Waals surface area contributed by atoms with Crippen molar-refractivity contribution >= 4 is 27.5 Å². The van der Waals surface area contributed by atoms with Gasteiger partial charge >= 0.3 is 0 Å². The number of carbonyl (C=O) groups is 2. The molecule has 40 heavy (non-hydrogen) atoms. The molecular formula is C31H38FN3O4S. The number of amides is 2. The van der Waals surface area contributed by atoms with E-state index in [0.29, 0.717) is 11.3 Å². The van der Waals surface area contributed by atoms with E-state index >= 15 is 0 Å². The molecule has 0 unspecified atom stereocenters. The van der Waals surface area contributed by atoms with Crippen molar-refractivity contribution in [1.82, 2.24) is 10.2 Å². The standard InChI is InChI=1S/C31H38FN3O4S/c1-23(2)33-31(37)29(21-25-11-6-5-7-12-25)34(22-26-13-8-9-14-28(26)32)30(36)15-10-20-35(40(4,38)39)27-18-16-24(3)17-19-27/h5-9,11-14,16-19,23,29H,10,15,20-22H2,1-4H3,(H,33,37)/t29-/m1/s1. The summed E-state index contributed by atoms with van der Waals surface area (Å²) in [6.07, 6.45) is 1.58. The topological polar surface area (TPSA) is 86.8 Å². The summed E-state index contributed by atoms with van der Waals surface area (Å²) in [6.45, 7) is 5.58. The quantitative estimate of drug-likeness (QED) is 0.320. The highest BCUT2D eigenvalue weighted by atomic mass is 32.2. The van der Waals surface area contributed by atoms with Crippen LogP contribution in [0.4, 0.5) is 10.1 Å². The molecule has 0 fully saturated rings. The molecule has 0 heterocycles. The lowest BCUT2D eigenvalue weighted by molar-refractivity contribution is -0.141. The van der Waals surface area contributed by atoms with Gasteiger partial charge in [-0.25, -0.2) is 12.8 Å². The minimum Gasteiger partial charge on any atom is -0.352 e. The summed E-state index contributed by atoms with van der Waals surface area (Å²) in [7, 11) is -3.59. The molecule has 214 valence electrons. The number of halogens is 1. The van der Waals surface area contributed by atoms with Gasteiger partial charge in [0.1, 0.15) is 11.9 Å². The van der Waals surface area contributed by atoms with E-state index in [1.165, 1.54) is 15.3 Å². The Hall–Kier alpha value is -3.72. The average molecular weight is 568 g/mol. The third kappa shape index (κ3) is 8.91. The number of rotatable bonds is 13. The summed E-state index contributed by atoms with van der Waals surface area (Å²) >= 11 is 0. The van der Waals surface area contributed by atoms with Crippen molar-refractivity contribution in [3.63, 3.8) is 0 Å². The fraction of sp³-hybridized carbons (Fsp3) is 0.355. The van der Waals surface area contributed by atoms with Crippen LogP contribution in [0.3, 0.4) is 0 Å². The molecule has 0 aliphatic heterocycles. The zero-order valence-corrected chi connectivity index (χ0v) is 24.3. The molecule has 0 radical (unpaired) electrons. The Labute approximate surface area is 237 Å². The predicted molar refractivity (Wildman–Crippen MR) is 157 cm³/mol. The third-order valence-electron chi connectivity index (χ3n) is 6.47. The van der Waals surface area contributed by atoms with Crippen molar-refractivity contribution in [3.8, 4) is 0 Å². The van der Waals surface area contributed by atoms with Crippen LogP contribution in [-0.2, 0) is 32.6 Å². The molecule has 3 rings (SSSR count). The van der Waals surface area contributed by atoms with Crippen molar-refractivity contribution in [2.24, 2.45) is 0 Å². The van der Waals surface area contributed by atoms with E-state index in [1.807, 2.05) is 63.2 Å². The average Bonchev–Trinajstić information content (AvgIpc) is 2.89. The molecule has 1 atom stereocenters. The molecule has 0 aliphatic carbocycles. The fourth-order valence-corrected chi connectivity index (χ4v) is 5.43. The first kappa shape index (κ1) is 30.8. The lowest BCUT2D eigenvalue weighted by Gasteiger charge is -2.32. The third-order valence-corrected chi connectivity index (χ3v) is 7.67. The molecule has 7 nitrogen and oxygen atoms in total. The minimum atomic E-state index is -3.59. The molecule has 0 aliphatic rings.